The molecule has 0 aliphatic rings. The van der Waals surface area contributed by atoms with E-state index in [0.717, 1.165) is 17.5 Å². The summed E-state index contributed by atoms with van der Waals surface area (Å²) < 4.78 is 14.8. The summed E-state index contributed by atoms with van der Waals surface area (Å²) in [5.41, 5.74) is 2.09. The van der Waals surface area contributed by atoms with Crippen molar-refractivity contribution >= 4 is 28.5 Å². The number of rotatable bonds is 7. The summed E-state index contributed by atoms with van der Waals surface area (Å²) in [7, 11) is 0. The summed E-state index contributed by atoms with van der Waals surface area (Å²) in [6.45, 7) is 2.23. The second kappa shape index (κ2) is 8.44. The molecule has 0 spiro atoms. The molecule has 0 aliphatic carbocycles. The van der Waals surface area contributed by atoms with E-state index in [4.69, 9.17) is 0 Å². The van der Waals surface area contributed by atoms with E-state index in [-0.39, 0.29) is 30.7 Å². The van der Waals surface area contributed by atoms with E-state index in [1.807, 2.05) is 31.2 Å². The Morgan fingerprint density at radius 3 is 2.56 bits per heavy atom. The van der Waals surface area contributed by atoms with Gasteiger partial charge in [-0.25, -0.2) is 9.37 Å². The molecule has 3 aromatic rings. The fourth-order valence-electron chi connectivity index (χ4n) is 2.81. The maximum Gasteiger partial charge on any atom is 0.244 e. The number of para-hydroxylation sites is 2. The van der Waals surface area contributed by atoms with Crippen LogP contribution in [0.5, 0.6) is 0 Å². The van der Waals surface area contributed by atoms with Crippen LogP contribution in [0.2, 0.25) is 0 Å². The van der Waals surface area contributed by atoms with E-state index < -0.39 is 0 Å². The lowest BCUT2D eigenvalue weighted by molar-refractivity contribution is -0.121. The van der Waals surface area contributed by atoms with Crippen LogP contribution in [0.1, 0.15) is 25.6 Å². The van der Waals surface area contributed by atoms with Crippen LogP contribution in [0.15, 0.2) is 48.5 Å². The fraction of sp³-hybridized carbons (Fsp3) is 0.250. The van der Waals surface area contributed by atoms with Gasteiger partial charge in [0.25, 0.3) is 0 Å². The number of benzene rings is 2. The predicted octanol–water partition coefficient (Wildman–Crippen LogP) is 3.23. The van der Waals surface area contributed by atoms with Crippen molar-refractivity contribution in [1.82, 2.24) is 14.9 Å². The summed E-state index contributed by atoms with van der Waals surface area (Å²) in [4.78, 5) is 28.8. The Hall–Kier alpha value is -3.22. The van der Waals surface area contributed by atoms with Crippen molar-refractivity contribution in [2.45, 2.75) is 32.9 Å². The maximum atomic E-state index is 13.0. The molecule has 140 valence electrons. The quantitative estimate of drug-likeness (QED) is 0.672. The molecule has 0 unspecified atom stereocenters. The molecule has 7 heteroatoms. The van der Waals surface area contributed by atoms with Crippen molar-refractivity contribution in [3.63, 3.8) is 0 Å². The number of aromatic nitrogens is 2. The number of hydrogen-bond donors (Lipinski definition) is 2. The van der Waals surface area contributed by atoms with Crippen LogP contribution in [-0.2, 0) is 22.7 Å². The normalized spacial score (nSPS) is 10.7. The summed E-state index contributed by atoms with van der Waals surface area (Å²) in [5.74, 6) is -0.0635. The molecule has 2 N–H and O–H groups in total. The number of nitrogens with zero attached hydrogens (tertiary/aromatic N) is 2. The third-order valence-electron chi connectivity index (χ3n) is 4.08. The molecule has 2 aromatic carbocycles. The minimum Gasteiger partial charge on any atom is -0.349 e. The van der Waals surface area contributed by atoms with Gasteiger partial charge in [-0.05, 0) is 42.8 Å². The van der Waals surface area contributed by atoms with Gasteiger partial charge in [-0.2, -0.15) is 0 Å². The van der Waals surface area contributed by atoms with Crippen molar-refractivity contribution in [2.24, 2.45) is 0 Å². The Kier molecular flexibility index (Phi) is 5.80. The zero-order valence-corrected chi connectivity index (χ0v) is 15.0. The van der Waals surface area contributed by atoms with Crippen LogP contribution in [0, 0.1) is 5.82 Å². The molecular formula is C20H21FN4O2. The molecule has 3 rings (SSSR count). The summed E-state index contributed by atoms with van der Waals surface area (Å²) in [6, 6.07) is 13.1. The molecule has 0 radical (unpaired) electrons. The van der Waals surface area contributed by atoms with Gasteiger partial charge in [-0.3, -0.25) is 9.59 Å². The fourth-order valence-corrected chi connectivity index (χ4v) is 2.81. The van der Waals surface area contributed by atoms with Crippen molar-refractivity contribution in [1.29, 1.82) is 0 Å². The van der Waals surface area contributed by atoms with E-state index in [1.165, 1.54) is 24.3 Å². The second-order valence-corrected chi connectivity index (χ2v) is 6.18. The number of carbonyl (C=O) groups is 2. The molecule has 0 saturated heterocycles. The Morgan fingerprint density at radius 1 is 1.07 bits per heavy atom. The SMILES string of the molecule is CCCC(=O)NCc1nc2ccccc2n1CC(=O)Nc1ccc(F)cc1. The highest BCUT2D eigenvalue weighted by Crippen LogP contribution is 2.17. The Labute approximate surface area is 156 Å². The van der Waals surface area contributed by atoms with Gasteiger partial charge in [0.1, 0.15) is 18.2 Å². The van der Waals surface area contributed by atoms with E-state index >= 15 is 0 Å². The zero-order valence-electron chi connectivity index (χ0n) is 15.0. The summed E-state index contributed by atoms with van der Waals surface area (Å²) in [6.07, 6.45) is 1.22. The van der Waals surface area contributed by atoms with Crippen LogP contribution >= 0.6 is 0 Å². The molecule has 0 aliphatic heterocycles. The third-order valence-corrected chi connectivity index (χ3v) is 4.08. The smallest absolute Gasteiger partial charge is 0.244 e. The Balaban J connectivity index is 1.78. The number of anilines is 1. The molecule has 6 nitrogen and oxygen atoms in total. The lowest BCUT2D eigenvalue weighted by Crippen LogP contribution is -2.26. The van der Waals surface area contributed by atoms with Crippen molar-refractivity contribution in [2.75, 3.05) is 5.32 Å². The van der Waals surface area contributed by atoms with Crippen molar-refractivity contribution in [3.8, 4) is 0 Å². The van der Waals surface area contributed by atoms with Gasteiger partial charge in [-0.15, -0.1) is 0 Å². The van der Waals surface area contributed by atoms with E-state index in [2.05, 4.69) is 15.6 Å². The molecule has 0 atom stereocenters. The van der Waals surface area contributed by atoms with Gasteiger partial charge in [0.2, 0.25) is 11.8 Å². The van der Waals surface area contributed by atoms with Crippen LogP contribution in [0.4, 0.5) is 10.1 Å². The number of imidazole rings is 1. The molecule has 0 fully saturated rings. The Bertz CT molecular complexity index is 950. The van der Waals surface area contributed by atoms with Gasteiger partial charge < -0.3 is 15.2 Å². The zero-order chi connectivity index (χ0) is 19.2. The monoisotopic (exact) mass is 368 g/mol. The maximum absolute atomic E-state index is 13.0. The average molecular weight is 368 g/mol. The van der Waals surface area contributed by atoms with Crippen molar-refractivity contribution < 1.29 is 14.0 Å². The number of halogens is 1. The van der Waals surface area contributed by atoms with Crippen LogP contribution < -0.4 is 10.6 Å². The molecule has 0 bridgehead atoms. The highest BCUT2D eigenvalue weighted by Gasteiger charge is 2.14. The minimum atomic E-state index is -0.362. The summed E-state index contributed by atoms with van der Waals surface area (Å²) >= 11 is 0. The number of amides is 2. The molecule has 0 saturated carbocycles. The third kappa shape index (κ3) is 4.69. The van der Waals surface area contributed by atoms with Gasteiger partial charge >= 0.3 is 0 Å². The largest absolute Gasteiger partial charge is 0.349 e. The number of nitrogens with one attached hydrogen (secondary N) is 2. The van der Waals surface area contributed by atoms with E-state index in [9.17, 15) is 14.0 Å². The first-order valence-corrected chi connectivity index (χ1v) is 8.83. The molecule has 2 amide bonds. The number of carbonyl (C=O) groups excluding carboxylic acids is 2. The first kappa shape index (κ1) is 18.6. The standard InChI is InChI=1S/C20H21FN4O2/c1-2-5-19(26)22-12-18-24-16-6-3-4-7-17(16)25(18)13-20(27)23-15-10-8-14(21)9-11-15/h3-4,6-11H,2,5,12-13H2,1H3,(H,22,26)(H,23,27). The number of fused-ring (bicyclic) bond motifs is 1. The lowest BCUT2D eigenvalue weighted by atomic mass is 10.3. The Morgan fingerprint density at radius 2 is 1.81 bits per heavy atom. The van der Waals surface area contributed by atoms with E-state index in [1.54, 1.807) is 4.57 Å². The van der Waals surface area contributed by atoms with Gasteiger partial charge in [0.05, 0.1) is 17.6 Å². The second-order valence-electron chi connectivity index (χ2n) is 6.18. The van der Waals surface area contributed by atoms with Gasteiger partial charge in [0, 0.05) is 12.1 Å². The molecule has 1 heterocycles. The van der Waals surface area contributed by atoms with Crippen molar-refractivity contribution in [3.05, 3.63) is 60.2 Å². The first-order valence-electron chi connectivity index (χ1n) is 8.83. The molecular weight excluding hydrogens is 347 g/mol. The topological polar surface area (TPSA) is 76.0 Å². The highest BCUT2D eigenvalue weighted by molar-refractivity contribution is 5.91. The van der Waals surface area contributed by atoms with Crippen LogP contribution in [0.3, 0.4) is 0 Å². The minimum absolute atomic E-state index is 0.0386. The molecule has 27 heavy (non-hydrogen) atoms. The first-order chi connectivity index (χ1) is 13.1. The van der Waals surface area contributed by atoms with E-state index in [0.29, 0.717) is 17.9 Å². The number of hydrogen-bond acceptors (Lipinski definition) is 3. The van der Waals surface area contributed by atoms with Crippen LogP contribution in [0.25, 0.3) is 11.0 Å². The average Bonchev–Trinajstić information content (AvgIpc) is 3.00. The predicted molar refractivity (Wildman–Crippen MR) is 102 cm³/mol. The lowest BCUT2D eigenvalue weighted by Gasteiger charge is -2.11. The van der Waals surface area contributed by atoms with Crippen LogP contribution in [-0.4, -0.2) is 21.4 Å². The summed E-state index contributed by atoms with van der Waals surface area (Å²) in [5, 5.41) is 5.58. The molecule has 1 aromatic heterocycles. The van der Waals surface area contributed by atoms with Gasteiger partial charge in [-0.1, -0.05) is 19.1 Å². The van der Waals surface area contributed by atoms with Gasteiger partial charge in [0.15, 0.2) is 0 Å². The highest BCUT2D eigenvalue weighted by atomic mass is 19.1.